The molecule has 0 spiro atoms. The second kappa shape index (κ2) is 8.59. The van der Waals surface area contributed by atoms with Gasteiger partial charge < -0.3 is 15.8 Å². The fraction of sp³-hybridized carbons (Fsp3) is 0.118. The molecule has 0 aliphatic rings. The summed E-state index contributed by atoms with van der Waals surface area (Å²) in [7, 11) is 0. The molecule has 2 aromatic rings. The average molecular weight is 422 g/mol. The maximum absolute atomic E-state index is 12.4. The molecule has 0 aliphatic carbocycles. The van der Waals surface area contributed by atoms with Gasteiger partial charge >= 0.3 is 0 Å². The number of hydrogen-bond acceptors (Lipinski definition) is 4. The monoisotopic (exact) mass is 421 g/mol. The topological polar surface area (TPSA) is 93.4 Å². The Bertz CT molecular complexity index is 809. The molecule has 0 aromatic heterocycles. The number of carbonyl (C=O) groups excluding carboxylic acids is 2. The Labute approximate surface area is 158 Å². The van der Waals surface area contributed by atoms with Gasteiger partial charge in [0.25, 0.3) is 5.91 Å². The number of anilines is 1. The first-order chi connectivity index (χ1) is 11.9. The van der Waals surface area contributed by atoms with Gasteiger partial charge in [0.1, 0.15) is 5.75 Å². The van der Waals surface area contributed by atoms with E-state index in [2.05, 4.69) is 26.6 Å². The highest BCUT2D eigenvalue weighted by atomic mass is 79.9. The predicted molar refractivity (Wildman–Crippen MR) is 104 cm³/mol. The van der Waals surface area contributed by atoms with Crippen LogP contribution in [0.5, 0.6) is 5.75 Å². The molecule has 0 bridgehead atoms. The Morgan fingerprint density at radius 2 is 1.88 bits per heavy atom. The van der Waals surface area contributed by atoms with Crippen molar-refractivity contribution in [1.82, 2.24) is 5.32 Å². The standard InChI is InChI=1S/C17H16BrN3O3S/c1-2-24-14-8-5-11(18)9-13(14)16(23)21-17(25)20-12-6-3-10(4-7-12)15(19)22/h3-9H,2H2,1H3,(H2,19,22)(H2,20,21,23,25). The summed E-state index contributed by atoms with van der Waals surface area (Å²) in [6.07, 6.45) is 0. The molecular formula is C17H16BrN3O3S. The highest BCUT2D eigenvalue weighted by Crippen LogP contribution is 2.23. The van der Waals surface area contributed by atoms with Crippen LogP contribution < -0.4 is 21.1 Å². The Balaban J connectivity index is 2.06. The SMILES string of the molecule is CCOc1ccc(Br)cc1C(=O)NC(=S)Nc1ccc(C(N)=O)cc1. The summed E-state index contributed by atoms with van der Waals surface area (Å²) in [4.78, 5) is 23.5. The minimum Gasteiger partial charge on any atom is -0.493 e. The van der Waals surface area contributed by atoms with E-state index in [0.29, 0.717) is 29.2 Å². The molecule has 25 heavy (non-hydrogen) atoms. The zero-order chi connectivity index (χ0) is 18.4. The summed E-state index contributed by atoms with van der Waals surface area (Å²) >= 11 is 8.48. The molecule has 0 heterocycles. The van der Waals surface area contributed by atoms with Crippen LogP contribution in [0.4, 0.5) is 5.69 Å². The zero-order valence-electron chi connectivity index (χ0n) is 13.3. The number of halogens is 1. The lowest BCUT2D eigenvalue weighted by atomic mass is 10.2. The van der Waals surface area contributed by atoms with Crippen LogP contribution in [0, 0.1) is 0 Å². The summed E-state index contributed by atoms with van der Waals surface area (Å²) in [6, 6.07) is 11.6. The Kier molecular flexibility index (Phi) is 6.49. The quantitative estimate of drug-likeness (QED) is 0.644. The molecule has 0 aliphatic heterocycles. The Hall–Kier alpha value is -2.45. The van der Waals surface area contributed by atoms with Crippen molar-refractivity contribution in [3.8, 4) is 5.75 Å². The Morgan fingerprint density at radius 3 is 2.48 bits per heavy atom. The molecule has 2 aromatic carbocycles. The predicted octanol–water partition coefficient (Wildman–Crippen LogP) is 3.07. The fourth-order valence-corrected chi connectivity index (χ4v) is 2.58. The third-order valence-corrected chi connectivity index (χ3v) is 3.84. The highest BCUT2D eigenvalue weighted by molar-refractivity contribution is 9.10. The van der Waals surface area contributed by atoms with E-state index in [0.717, 1.165) is 4.47 Å². The van der Waals surface area contributed by atoms with Crippen LogP contribution in [-0.4, -0.2) is 23.5 Å². The Morgan fingerprint density at radius 1 is 1.20 bits per heavy atom. The lowest BCUT2D eigenvalue weighted by Gasteiger charge is -2.13. The van der Waals surface area contributed by atoms with Gasteiger partial charge in [-0.1, -0.05) is 15.9 Å². The molecule has 0 saturated heterocycles. The number of amides is 2. The molecule has 0 saturated carbocycles. The van der Waals surface area contributed by atoms with Gasteiger partial charge in [0, 0.05) is 15.7 Å². The number of primary amides is 1. The van der Waals surface area contributed by atoms with Crippen LogP contribution >= 0.6 is 28.1 Å². The molecule has 0 atom stereocenters. The van der Waals surface area contributed by atoms with Crippen molar-refractivity contribution >= 4 is 50.8 Å². The fourth-order valence-electron chi connectivity index (χ4n) is 2.01. The lowest BCUT2D eigenvalue weighted by Crippen LogP contribution is -2.34. The van der Waals surface area contributed by atoms with Gasteiger partial charge in [0.05, 0.1) is 12.2 Å². The van der Waals surface area contributed by atoms with Crippen LogP contribution in [0.3, 0.4) is 0 Å². The first-order valence-corrected chi connectivity index (χ1v) is 8.55. The van der Waals surface area contributed by atoms with Crippen LogP contribution in [0.2, 0.25) is 0 Å². The number of thiocarbonyl (C=S) groups is 1. The molecule has 2 rings (SSSR count). The second-order valence-electron chi connectivity index (χ2n) is 4.92. The number of benzene rings is 2. The highest BCUT2D eigenvalue weighted by Gasteiger charge is 2.14. The van der Waals surface area contributed by atoms with Crippen molar-refractivity contribution in [3.05, 3.63) is 58.1 Å². The van der Waals surface area contributed by atoms with E-state index in [1.54, 1.807) is 42.5 Å². The normalized spacial score (nSPS) is 10.0. The minimum absolute atomic E-state index is 0.124. The van der Waals surface area contributed by atoms with Gasteiger partial charge in [-0.15, -0.1) is 0 Å². The molecule has 0 radical (unpaired) electrons. The lowest BCUT2D eigenvalue weighted by molar-refractivity contribution is 0.0971. The first kappa shape index (κ1) is 18.9. The van der Waals surface area contributed by atoms with Gasteiger partial charge in [-0.3, -0.25) is 14.9 Å². The van der Waals surface area contributed by atoms with Gasteiger partial charge in [0.15, 0.2) is 5.11 Å². The zero-order valence-corrected chi connectivity index (χ0v) is 15.7. The number of carbonyl (C=O) groups is 2. The summed E-state index contributed by atoms with van der Waals surface area (Å²) < 4.78 is 6.21. The summed E-state index contributed by atoms with van der Waals surface area (Å²) in [5.74, 6) is -0.437. The number of nitrogens with one attached hydrogen (secondary N) is 2. The van der Waals surface area contributed by atoms with Gasteiger partial charge in [0.2, 0.25) is 5.91 Å². The first-order valence-electron chi connectivity index (χ1n) is 7.35. The van der Waals surface area contributed by atoms with E-state index in [1.807, 2.05) is 6.92 Å². The molecular weight excluding hydrogens is 406 g/mol. The van der Waals surface area contributed by atoms with E-state index >= 15 is 0 Å². The van der Waals surface area contributed by atoms with Crippen molar-refractivity contribution in [2.75, 3.05) is 11.9 Å². The van der Waals surface area contributed by atoms with Gasteiger partial charge in [-0.05, 0) is 61.6 Å². The van der Waals surface area contributed by atoms with E-state index in [9.17, 15) is 9.59 Å². The average Bonchev–Trinajstić information content (AvgIpc) is 2.57. The van der Waals surface area contributed by atoms with E-state index < -0.39 is 11.8 Å². The van der Waals surface area contributed by atoms with Crippen LogP contribution in [0.15, 0.2) is 46.9 Å². The van der Waals surface area contributed by atoms with Gasteiger partial charge in [-0.2, -0.15) is 0 Å². The number of hydrogen-bond donors (Lipinski definition) is 3. The van der Waals surface area contributed by atoms with E-state index in [1.165, 1.54) is 0 Å². The smallest absolute Gasteiger partial charge is 0.261 e. The largest absolute Gasteiger partial charge is 0.493 e. The third kappa shape index (κ3) is 5.27. The van der Waals surface area contributed by atoms with Crippen LogP contribution in [0.1, 0.15) is 27.6 Å². The molecule has 4 N–H and O–H groups in total. The maximum atomic E-state index is 12.4. The summed E-state index contributed by atoms with van der Waals surface area (Å²) in [5.41, 5.74) is 6.56. The van der Waals surface area contributed by atoms with Crippen molar-refractivity contribution in [1.29, 1.82) is 0 Å². The molecule has 2 amide bonds. The van der Waals surface area contributed by atoms with Crippen molar-refractivity contribution in [2.45, 2.75) is 6.92 Å². The van der Waals surface area contributed by atoms with Crippen LogP contribution in [-0.2, 0) is 0 Å². The molecule has 6 nitrogen and oxygen atoms in total. The maximum Gasteiger partial charge on any atom is 0.261 e. The van der Waals surface area contributed by atoms with E-state index in [-0.39, 0.29) is 5.11 Å². The minimum atomic E-state index is -0.513. The van der Waals surface area contributed by atoms with Crippen molar-refractivity contribution in [3.63, 3.8) is 0 Å². The summed E-state index contributed by atoms with van der Waals surface area (Å²) in [6.45, 7) is 2.28. The summed E-state index contributed by atoms with van der Waals surface area (Å²) in [5, 5.41) is 5.59. The number of ether oxygens (including phenoxy) is 1. The van der Waals surface area contributed by atoms with Crippen molar-refractivity contribution in [2.24, 2.45) is 5.73 Å². The molecule has 0 fully saturated rings. The van der Waals surface area contributed by atoms with Crippen molar-refractivity contribution < 1.29 is 14.3 Å². The second-order valence-corrected chi connectivity index (χ2v) is 6.25. The van der Waals surface area contributed by atoms with Crippen LogP contribution in [0.25, 0.3) is 0 Å². The molecule has 130 valence electrons. The van der Waals surface area contributed by atoms with Gasteiger partial charge in [-0.25, -0.2) is 0 Å². The van der Waals surface area contributed by atoms with E-state index in [4.69, 9.17) is 22.7 Å². The third-order valence-electron chi connectivity index (χ3n) is 3.14. The molecule has 0 unspecified atom stereocenters. The molecule has 8 heteroatoms. The number of rotatable bonds is 5. The number of nitrogens with two attached hydrogens (primary N) is 1.